The standard InChI is InChI=1S/C14H16N2OS/c17-10-11-4-5-14-15-12(9-16(14)8-11)7-13-3-1-2-6-18-13/h4-5,8-10,13H,1-3,6-7H2. The summed E-state index contributed by atoms with van der Waals surface area (Å²) >= 11 is 2.07. The zero-order valence-electron chi connectivity index (χ0n) is 10.2. The van der Waals surface area contributed by atoms with Crippen molar-refractivity contribution in [2.24, 2.45) is 0 Å². The van der Waals surface area contributed by atoms with Gasteiger partial charge in [-0.25, -0.2) is 4.98 Å². The van der Waals surface area contributed by atoms with E-state index in [2.05, 4.69) is 22.9 Å². The van der Waals surface area contributed by atoms with Gasteiger partial charge in [-0.3, -0.25) is 4.79 Å². The molecule has 0 radical (unpaired) electrons. The zero-order chi connectivity index (χ0) is 12.4. The number of hydrogen-bond donors (Lipinski definition) is 0. The molecule has 2 aromatic heterocycles. The van der Waals surface area contributed by atoms with Gasteiger partial charge in [0.25, 0.3) is 0 Å². The molecule has 1 unspecified atom stereocenters. The summed E-state index contributed by atoms with van der Waals surface area (Å²) in [6.45, 7) is 0. The van der Waals surface area contributed by atoms with Crippen molar-refractivity contribution in [1.82, 2.24) is 9.38 Å². The highest BCUT2D eigenvalue weighted by atomic mass is 32.2. The third-order valence-corrected chi connectivity index (χ3v) is 4.77. The molecule has 0 amide bonds. The molecule has 0 spiro atoms. The molecule has 2 aromatic rings. The van der Waals surface area contributed by atoms with Gasteiger partial charge in [0.2, 0.25) is 0 Å². The number of rotatable bonds is 3. The Labute approximate surface area is 111 Å². The molecule has 0 aromatic carbocycles. The lowest BCUT2D eigenvalue weighted by Crippen LogP contribution is -2.12. The highest BCUT2D eigenvalue weighted by Crippen LogP contribution is 2.27. The molecule has 0 aliphatic carbocycles. The number of aldehydes is 1. The van der Waals surface area contributed by atoms with E-state index in [0.717, 1.165) is 24.0 Å². The lowest BCUT2D eigenvalue weighted by molar-refractivity contribution is 0.112. The summed E-state index contributed by atoms with van der Waals surface area (Å²) in [4.78, 5) is 15.4. The minimum atomic E-state index is 0.693. The van der Waals surface area contributed by atoms with Crippen molar-refractivity contribution in [1.29, 1.82) is 0 Å². The third kappa shape index (κ3) is 2.43. The second-order valence-electron chi connectivity index (χ2n) is 4.77. The molecule has 18 heavy (non-hydrogen) atoms. The molecule has 3 heterocycles. The Balaban J connectivity index is 1.81. The monoisotopic (exact) mass is 260 g/mol. The van der Waals surface area contributed by atoms with Crippen LogP contribution in [-0.4, -0.2) is 26.7 Å². The first-order valence-corrected chi connectivity index (χ1v) is 7.44. The van der Waals surface area contributed by atoms with Crippen molar-refractivity contribution in [3.63, 3.8) is 0 Å². The molecule has 3 nitrogen and oxygen atoms in total. The van der Waals surface area contributed by atoms with Gasteiger partial charge in [0.15, 0.2) is 6.29 Å². The first kappa shape index (κ1) is 11.8. The predicted molar refractivity (Wildman–Crippen MR) is 74.4 cm³/mol. The maximum absolute atomic E-state index is 10.7. The maximum Gasteiger partial charge on any atom is 0.151 e. The van der Waals surface area contributed by atoms with Crippen LogP contribution in [-0.2, 0) is 6.42 Å². The van der Waals surface area contributed by atoms with E-state index in [9.17, 15) is 4.79 Å². The van der Waals surface area contributed by atoms with Gasteiger partial charge in [-0.1, -0.05) is 6.42 Å². The number of aromatic nitrogens is 2. The molecule has 1 aliphatic heterocycles. The van der Waals surface area contributed by atoms with Gasteiger partial charge in [-0.15, -0.1) is 0 Å². The van der Waals surface area contributed by atoms with Gasteiger partial charge >= 0.3 is 0 Å². The van der Waals surface area contributed by atoms with Gasteiger partial charge in [-0.2, -0.15) is 11.8 Å². The molecule has 1 atom stereocenters. The van der Waals surface area contributed by atoms with Crippen molar-refractivity contribution < 1.29 is 4.79 Å². The minimum absolute atomic E-state index is 0.693. The predicted octanol–water partition coefficient (Wildman–Crippen LogP) is 2.98. The Morgan fingerprint density at radius 2 is 2.33 bits per heavy atom. The van der Waals surface area contributed by atoms with Gasteiger partial charge in [0, 0.05) is 29.6 Å². The van der Waals surface area contributed by atoms with Crippen LogP contribution in [0.4, 0.5) is 0 Å². The summed E-state index contributed by atoms with van der Waals surface area (Å²) in [6, 6.07) is 3.72. The van der Waals surface area contributed by atoms with Crippen LogP contribution in [0.15, 0.2) is 24.5 Å². The smallest absolute Gasteiger partial charge is 0.151 e. The molecule has 1 saturated heterocycles. The largest absolute Gasteiger partial charge is 0.306 e. The SMILES string of the molecule is O=Cc1ccc2nc(CC3CCCCS3)cn2c1. The molecule has 94 valence electrons. The van der Waals surface area contributed by atoms with Gasteiger partial charge in [0.05, 0.1) is 5.69 Å². The van der Waals surface area contributed by atoms with Crippen LogP contribution in [0, 0.1) is 0 Å². The lowest BCUT2D eigenvalue weighted by Gasteiger charge is -2.19. The normalized spacial score (nSPS) is 20.1. The van der Waals surface area contributed by atoms with Crippen molar-refractivity contribution >= 4 is 23.7 Å². The van der Waals surface area contributed by atoms with Crippen molar-refractivity contribution in [3.05, 3.63) is 35.8 Å². The average Bonchev–Trinajstić information content (AvgIpc) is 2.80. The van der Waals surface area contributed by atoms with E-state index < -0.39 is 0 Å². The van der Waals surface area contributed by atoms with Gasteiger partial charge < -0.3 is 4.40 Å². The van der Waals surface area contributed by atoms with E-state index in [1.54, 1.807) is 0 Å². The van der Waals surface area contributed by atoms with E-state index in [-0.39, 0.29) is 0 Å². The number of nitrogens with zero attached hydrogens (tertiary/aromatic N) is 2. The number of pyridine rings is 1. The Morgan fingerprint density at radius 3 is 3.11 bits per heavy atom. The van der Waals surface area contributed by atoms with Gasteiger partial charge in [-0.05, 0) is 30.7 Å². The van der Waals surface area contributed by atoms with E-state index in [1.807, 2.05) is 22.7 Å². The van der Waals surface area contributed by atoms with E-state index in [1.165, 1.54) is 25.0 Å². The quantitative estimate of drug-likeness (QED) is 0.796. The fourth-order valence-corrected chi connectivity index (χ4v) is 3.76. The average molecular weight is 260 g/mol. The molecule has 3 rings (SSSR count). The summed E-state index contributed by atoms with van der Waals surface area (Å²) in [5.41, 5.74) is 2.76. The Bertz CT molecular complexity index is 558. The number of carbonyl (C=O) groups is 1. The van der Waals surface area contributed by atoms with Gasteiger partial charge in [0.1, 0.15) is 5.65 Å². The first-order valence-electron chi connectivity index (χ1n) is 6.39. The highest BCUT2D eigenvalue weighted by Gasteiger charge is 2.15. The summed E-state index contributed by atoms with van der Waals surface area (Å²) in [5.74, 6) is 1.29. The number of carbonyl (C=O) groups excluding carboxylic acids is 1. The Hall–Kier alpha value is -1.29. The molecule has 1 aliphatic rings. The van der Waals surface area contributed by atoms with Crippen molar-refractivity contribution in [2.45, 2.75) is 30.9 Å². The number of fused-ring (bicyclic) bond motifs is 1. The fraction of sp³-hybridized carbons (Fsp3) is 0.429. The number of imidazole rings is 1. The van der Waals surface area contributed by atoms with Crippen LogP contribution in [0.1, 0.15) is 35.3 Å². The highest BCUT2D eigenvalue weighted by molar-refractivity contribution is 7.99. The zero-order valence-corrected chi connectivity index (χ0v) is 11.0. The number of thioether (sulfide) groups is 1. The third-order valence-electron chi connectivity index (χ3n) is 3.37. The summed E-state index contributed by atoms with van der Waals surface area (Å²) < 4.78 is 1.95. The van der Waals surface area contributed by atoms with E-state index in [0.29, 0.717) is 10.8 Å². The Morgan fingerprint density at radius 1 is 1.39 bits per heavy atom. The van der Waals surface area contributed by atoms with Crippen LogP contribution in [0.25, 0.3) is 5.65 Å². The molecule has 1 fully saturated rings. The molecule has 0 bridgehead atoms. The lowest BCUT2D eigenvalue weighted by atomic mass is 10.1. The second-order valence-corrected chi connectivity index (χ2v) is 6.18. The fourth-order valence-electron chi connectivity index (χ4n) is 2.43. The van der Waals surface area contributed by atoms with Crippen molar-refractivity contribution in [3.8, 4) is 0 Å². The molecular formula is C14H16N2OS. The van der Waals surface area contributed by atoms with Crippen LogP contribution >= 0.6 is 11.8 Å². The van der Waals surface area contributed by atoms with Crippen molar-refractivity contribution in [2.75, 3.05) is 5.75 Å². The molecule has 0 saturated carbocycles. The van der Waals surface area contributed by atoms with Crippen LogP contribution < -0.4 is 0 Å². The topological polar surface area (TPSA) is 34.4 Å². The second kappa shape index (κ2) is 5.14. The summed E-state index contributed by atoms with van der Waals surface area (Å²) in [5, 5.41) is 0.717. The molecule has 4 heteroatoms. The number of hydrogen-bond acceptors (Lipinski definition) is 3. The first-order chi connectivity index (χ1) is 8.85. The van der Waals surface area contributed by atoms with Crippen LogP contribution in [0.3, 0.4) is 0 Å². The maximum atomic E-state index is 10.7. The summed E-state index contributed by atoms with van der Waals surface area (Å²) in [7, 11) is 0. The minimum Gasteiger partial charge on any atom is -0.306 e. The van der Waals surface area contributed by atoms with Crippen LogP contribution in [0.5, 0.6) is 0 Å². The van der Waals surface area contributed by atoms with Crippen LogP contribution in [0.2, 0.25) is 0 Å². The summed E-state index contributed by atoms with van der Waals surface area (Å²) in [6.07, 6.45) is 9.82. The molecule has 0 N–H and O–H groups in total. The van der Waals surface area contributed by atoms with E-state index in [4.69, 9.17) is 0 Å². The Kier molecular flexibility index (Phi) is 3.37. The molecular weight excluding hydrogens is 244 g/mol. The van der Waals surface area contributed by atoms with E-state index >= 15 is 0 Å².